The number of hydrogen-bond donors (Lipinski definition) is 3. The van der Waals surface area contributed by atoms with Gasteiger partial charge in [0.1, 0.15) is 6.61 Å². The van der Waals surface area contributed by atoms with E-state index in [0.29, 0.717) is 18.4 Å². The molecule has 5 heteroatoms. The van der Waals surface area contributed by atoms with Gasteiger partial charge in [-0.2, -0.15) is 0 Å². The fourth-order valence-electron chi connectivity index (χ4n) is 2.42. The molecule has 186 valence electrons. The molecule has 0 heterocycles. The van der Waals surface area contributed by atoms with Gasteiger partial charge >= 0.3 is 0 Å². The lowest BCUT2D eigenvalue weighted by molar-refractivity contribution is -0.125. The van der Waals surface area contributed by atoms with Crippen molar-refractivity contribution in [1.29, 1.82) is 0 Å². The molecule has 0 saturated carbocycles. The standard InChI is InChI=1S/C12H25NO2.C6H14O.C5H12O.C2H6/c1-9(2)11(3,4)8-12(5,6)13-10(15)7-14;1-6(2)4-5-7-3;1-5(2)3-4-6;1-2/h9,14H,7-8H2,1-6H3,(H,13,15);6H,4-5H2,1-3H3;5-6H,3-4H2,1-2H3;1-2H3. The van der Waals surface area contributed by atoms with Crippen molar-refractivity contribution < 1.29 is 19.7 Å². The van der Waals surface area contributed by atoms with Crippen molar-refractivity contribution in [2.24, 2.45) is 23.2 Å². The minimum absolute atomic E-state index is 0.173. The molecule has 30 heavy (non-hydrogen) atoms. The third-order valence-electron chi connectivity index (χ3n) is 4.69. The molecule has 0 aromatic rings. The van der Waals surface area contributed by atoms with Gasteiger partial charge in [-0.05, 0) is 56.3 Å². The van der Waals surface area contributed by atoms with E-state index < -0.39 is 6.61 Å². The molecule has 0 bridgehead atoms. The predicted molar refractivity (Wildman–Crippen MR) is 132 cm³/mol. The Labute approximate surface area is 189 Å². The zero-order chi connectivity index (χ0) is 25.0. The number of carbonyl (C=O) groups excluding carboxylic acids is 1. The molecule has 0 aromatic heterocycles. The van der Waals surface area contributed by atoms with Gasteiger partial charge in [0.15, 0.2) is 0 Å². The van der Waals surface area contributed by atoms with Gasteiger partial charge in [0, 0.05) is 25.9 Å². The molecule has 0 radical (unpaired) electrons. The van der Waals surface area contributed by atoms with E-state index in [2.05, 4.69) is 60.7 Å². The molecule has 0 fully saturated rings. The number of amides is 1. The largest absolute Gasteiger partial charge is 0.396 e. The summed E-state index contributed by atoms with van der Waals surface area (Å²) >= 11 is 0. The highest BCUT2D eigenvalue weighted by molar-refractivity contribution is 5.77. The fraction of sp³-hybridized carbons (Fsp3) is 0.960. The fourth-order valence-corrected chi connectivity index (χ4v) is 2.42. The molecule has 0 aromatic carbocycles. The second kappa shape index (κ2) is 21.6. The molecule has 0 saturated heterocycles. The number of hydrogen-bond acceptors (Lipinski definition) is 4. The summed E-state index contributed by atoms with van der Waals surface area (Å²) in [6, 6.07) is 0. The summed E-state index contributed by atoms with van der Waals surface area (Å²) in [4.78, 5) is 11.1. The Kier molecular flexibility index (Phi) is 26.4. The van der Waals surface area contributed by atoms with E-state index in [4.69, 9.17) is 14.9 Å². The van der Waals surface area contributed by atoms with Crippen molar-refractivity contribution in [1.82, 2.24) is 5.32 Å². The number of methoxy groups -OCH3 is 1. The van der Waals surface area contributed by atoms with Crippen molar-refractivity contribution in [3.63, 3.8) is 0 Å². The summed E-state index contributed by atoms with van der Waals surface area (Å²) in [5, 5.41) is 19.8. The third-order valence-corrected chi connectivity index (χ3v) is 4.69. The van der Waals surface area contributed by atoms with Crippen LogP contribution in [0.1, 0.15) is 102 Å². The van der Waals surface area contributed by atoms with Gasteiger partial charge in [0.2, 0.25) is 5.91 Å². The molecule has 0 aliphatic carbocycles. The van der Waals surface area contributed by atoms with E-state index in [1.807, 2.05) is 27.7 Å². The van der Waals surface area contributed by atoms with Crippen LogP contribution in [0.15, 0.2) is 0 Å². The molecule has 0 atom stereocenters. The predicted octanol–water partition coefficient (Wildman–Crippen LogP) is 5.68. The first kappa shape index (κ1) is 36.7. The summed E-state index contributed by atoms with van der Waals surface area (Å²) in [5.74, 6) is 1.68. The number of nitrogens with one attached hydrogen (secondary N) is 1. The van der Waals surface area contributed by atoms with Crippen molar-refractivity contribution in [3.8, 4) is 0 Å². The Morgan fingerprint density at radius 1 is 0.900 bits per heavy atom. The number of ether oxygens (including phenoxy) is 1. The lowest BCUT2D eigenvalue weighted by Gasteiger charge is -2.38. The second-order valence-electron chi connectivity index (χ2n) is 9.99. The zero-order valence-corrected chi connectivity index (χ0v) is 22.7. The van der Waals surface area contributed by atoms with Gasteiger partial charge in [-0.3, -0.25) is 4.79 Å². The van der Waals surface area contributed by atoms with Crippen LogP contribution in [0.5, 0.6) is 0 Å². The maximum Gasteiger partial charge on any atom is 0.246 e. The van der Waals surface area contributed by atoms with Crippen molar-refractivity contribution in [2.45, 2.75) is 108 Å². The quantitative estimate of drug-likeness (QED) is 0.413. The van der Waals surface area contributed by atoms with Gasteiger partial charge in [-0.15, -0.1) is 0 Å². The molecular weight excluding hydrogens is 378 g/mol. The van der Waals surface area contributed by atoms with Crippen LogP contribution in [0.2, 0.25) is 0 Å². The van der Waals surface area contributed by atoms with Crippen LogP contribution in [-0.2, 0) is 9.53 Å². The lowest BCUT2D eigenvalue weighted by Crippen LogP contribution is -2.48. The summed E-state index contributed by atoms with van der Waals surface area (Å²) in [6.45, 7) is 26.1. The molecule has 1 amide bonds. The first-order valence-corrected chi connectivity index (χ1v) is 11.7. The summed E-state index contributed by atoms with van der Waals surface area (Å²) in [7, 11) is 1.74. The van der Waals surface area contributed by atoms with Gasteiger partial charge in [0.25, 0.3) is 0 Å². The van der Waals surface area contributed by atoms with E-state index in [0.717, 1.165) is 25.4 Å². The first-order valence-electron chi connectivity index (χ1n) is 11.7. The van der Waals surface area contributed by atoms with Crippen LogP contribution in [0, 0.1) is 23.2 Å². The molecule has 0 spiro atoms. The Morgan fingerprint density at radius 3 is 1.53 bits per heavy atom. The number of rotatable bonds is 10. The number of carbonyl (C=O) groups is 1. The topological polar surface area (TPSA) is 78.8 Å². The summed E-state index contributed by atoms with van der Waals surface area (Å²) < 4.78 is 4.85. The number of aliphatic hydroxyl groups excluding tert-OH is 2. The summed E-state index contributed by atoms with van der Waals surface area (Å²) in [5.41, 5.74) is -0.0974. The van der Waals surface area contributed by atoms with Gasteiger partial charge < -0.3 is 20.3 Å². The molecule has 0 aliphatic heterocycles. The Bertz CT molecular complexity index is 364. The minimum atomic E-state index is -0.439. The maximum absolute atomic E-state index is 11.1. The Balaban J connectivity index is -0.000000187. The maximum atomic E-state index is 11.1. The van der Waals surface area contributed by atoms with Gasteiger partial charge in [-0.1, -0.05) is 69.2 Å². The van der Waals surface area contributed by atoms with Crippen molar-refractivity contribution >= 4 is 5.91 Å². The third kappa shape index (κ3) is 29.6. The van der Waals surface area contributed by atoms with Crippen LogP contribution in [-0.4, -0.2) is 48.6 Å². The molecule has 0 aliphatic rings. The average Bonchev–Trinajstić information content (AvgIpc) is 2.61. The van der Waals surface area contributed by atoms with Crippen LogP contribution in [0.4, 0.5) is 0 Å². The molecule has 0 unspecified atom stereocenters. The summed E-state index contributed by atoms with van der Waals surface area (Å²) in [6.07, 6.45) is 3.00. The minimum Gasteiger partial charge on any atom is -0.396 e. The van der Waals surface area contributed by atoms with Gasteiger partial charge in [0.05, 0.1) is 0 Å². The smallest absolute Gasteiger partial charge is 0.246 e. The Morgan fingerprint density at radius 2 is 1.33 bits per heavy atom. The highest BCUT2D eigenvalue weighted by Crippen LogP contribution is 2.34. The van der Waals surface area contributed by atoms with E-state index >= 15 is 0 Å². The van der Waals surface area contributed by atoms with Crippen LogP contribution >= 0.6 is 0 Å². The molecular formula is C25H57NO4. The second-order valence-corrected chi connectivity index (χ2v) is 9.99. The van der Waals surface area contributed by atoms with E-state index in [1.54, 1.807) is 7.11 Å². The normalized spacial score (nSPS) is 11.1. The van der Waals surface area contributed by atoms with Crippen LogP contribution in [0.3, 0.4) is 0 Å². The monoisotopic (exact) mass is 435 g/mol. The van der Waals surface area contributed by atoms with Crippen LogP contribution in [0.25, 0.3) is 0 Å². The highest BCUT2D eigenvalue weighted by atomic mass is 16.5. The van der Waals surface area contributed by atoms with Crippen LogP contribution < -0.4 is 5.32 Å². The highest BCUT2D eigenvalue weighted by Gasteiger charge is 2.31. The van der Waals surface area contributed by atoms with Crippen molar-refractivity contribution in [2.75, 3.05) is 26.9 Å². The zero-order valence-electron chi connectivity index (χ0n) is 22.7. The first-order chi connectivity index (χ1) is 13.6. The SMILES string of the molecule is CC.CC(C)C(C)(C)CC(C)(C)NC(=O)CO.CC(C)CCO.COCCC(C)C. The number of aliphatic hydroxyl groups is 2. The molecule has 5 nitrogen and oxygen atoms in total. The Hall–Kier alpha value is -0.650. The van der Waals surface area contributed by atoms with E-state index in [9.17, 15) is 4.79 Å². The van der Waals surface area contributed by atoms with Gasteiger partial charge in [-0.25, -0.2) is 0 Å². The van der Waals surface area contributed by atoms with Crippen molar-refractivity contribution in [3.05, 3.63) is 0 Å². The van der Waals surface area contributed by atoms with E-state index in [1.165, 1.54) is 6.42 Å². The molecule has 0 rings (SSSR count). The lowest BCUT2D eigenvalue weighted by atomic mass is 9.72. The molecule has 3 N–H and O–H groups in total. The average molecular weight is 436 g/mol. The van der Waals surface area contributed by atoms with E-state index in [-0.39, 0.29) is 16.9 Å².